The predicted molar refractivity (Wildman–Crippen MR) is 92.3 cm³/mol. The number of amides is 2. The highest BCUT2D eigenvalue weighted by atomic mass is 79.9. The number of carbonyl (C=O) groups excluding carboxylic acids is 1. The number of rotatable bonds is 4. The quantitative estimate of drug-likeness (QED) is 0.840. The number of benzene rings is 2. The van der Waals surface area contributed by atoms with E-state index in [0.717, 1.165) is 21.5 Å². The van der Waals surface area contributed by atoms with Crippen LogP contribution >= 0.6 is 15.9 Å². The van der Waals surface area contributed by atoms with Gasteiger partial charge in [-0.2, -0.15) is 0 Å². The molecule has 2 N–H and O–H groups in total. The van der Waals surface area contributed by atoms with E-state index in [1.165, 1.54) is 0 Å². The second-order valence-electron chi connectivity index (χ2n) is 5.44. The smallest absolute Gasteiger partial charge is 0.319 e. The first-order chi connectivity index (χ1) is 10.4. The van der Waals surface area contributed by atoms with Crippen LogP contribution in [0.4, 0.5) is 10.5 Å². The Balaban J connectivity index is 2.05. The van der Waals surface area contributed by atoms with E-state index in [-0.39, 0.29) is 6.03 Å². The summed E-state index contributed by atoms with van der Waals surface area (Å²) in [7, 11) is 1.63. The topological polar surface area (TPSA) is 50.4 Å². The minimum absolute atomic E-state index is 0.251. The molecule has 2 aromatic carbocycles. The molecule has 0 unspecified atom stereocenters. The summed E-state index contributed by atoms with van der Waals surface area (Å²) in [5.74, 6) is 0.790. The molecule has 2 aromatic rings. The molecule has 0 radical (unpaired) electrons. The summed E-state index contributed by atoms with van der Waals surface area (Å²) in [6.07, 6.45) is 0. The van der Waals surface area contributed by atoms with Crippen molar-refractivity contribution in [3.05, 3.63) is 58.6 Å². The standard InChI is InChI=1S/C17H19BrN2O2/c1-17(2,12-7-9-15(22-3)10-8-12)20-16(21)19-14-6-4-5-13(18)11-14/h4-11H,1-3H3,(H2,19,20,21). The number of halogens is 1. The molecular weight excluding hydrogens is 344 g/mol. The molecule has 116 valence electrons. The van der Waals surface area contributed by atoms with Crippen LogP contribution in [0.15, 0.2) is 53.0 Å². The van der Waals surface area contributed by atoms with Crippen molar-refractivity contribution in [3.63, 3.8) is 0 Å². The normalized spacial score (nSPS) is 10.9. The summed E-state index contributed by atoms with van der Waals surface area (Å²) in [4.78, 5) is 12.2. The van der Waals surface area contributed by atoms with Gasteiger partial charge in [0.2, 0.25) is 0 Å². The van der Waals surface area contributed by atoms with Gasteiger partial charge in [-0.05, 0) is 49.7 Å². The SMILES string of the molecule is COc1ccc(C(C)(C)NC(=O)Nc2cccc(Br)c2)cc1. The zero-order valence-corrected chi connectivity index (χ0v) is 14.4. The lowest BCUT2D eigenvalue weighted by molar-refractivity contribution is 0.242. The van der Waals surface area contributed by atoms with E-state index in [0.29, 0.717) is 0 Å². The molecule has 0 aliphatic rings. The van der Waals surface area contributed by atoms with Crippen molar-refractivity contribution in [2.75, 3.05) is 12.4 Å². The fourth-order valence-corrected chi connectivity index (χ4v) is 2.49. The Morgan fingerprint density at radius 3 is 2.41 bits per heavy atom. The monoisotopic (exact) mass is 362 g/mol. The van der Waals surface area contributed by atoms with Gasteiger partial charge in [-0.25, -0.2) is 4.79 Å². The van der Waals surface area contributed by atoms with Crippen molar-refractivity contribution in [1.82, 2.24) is 5.32 Å². The van der Waals surface area contributed by atoms with Gasteiger partial charge < -0.3 is 15.4 Å². The second-order valence-corrected chi connectivity index (χ2v) is 6.36. The molecule has 0 saturated heterocycles. The first-order valence-corrected chi connectivity index (χ1v) is 7.69. The summed E-state index contributed by atoms with van der Waals surface area (Å²) in [5, 5.41) is 5.80. The Labute approximate surface area is 139 Å². The van der Waals surface area contributed by atoms with E-state index in [1.807, 2.05) is 62.4 Å². The lowest BCUT2D eigenvalue weighted by Crippen LogP contribution is -2.43. The third-order valence-electron chi connectivity index (χ3n) is 3.32. The van der Waals surface area contributed by atoms with E-state index < -0.39 is 5.54 Å². The number of ether oxygens (including phenoxy) is 1. The van der Waals surface area contributed by atoms with Gasteiger partial charge in [0.25, 0.3) is 0 Å². The van der Waals surface area contributed by atoms with Gasteiger partial charge in [0, 0.05) is 10.2 Å². The van der Waals surface area contributed by atoms with Crippen LogP contribution in [0, 0.1) is 0 Å². The van der Waals surface area contributed by atoms with Crippen molar-refractivity contribution < 1.29 is 9.53 Å². The Kier molecular flexibility index (Phi) is 5.08. The molecule has 0 heterocycles. The lowest BCUT2D eigenvalue weighted by Gasteiger charge is -2.27. The molecule has 0 aliphatic carbocycles. The molecule has 0 saturated carbocycles. The Bertz CT molecular complexity index is 654. The summed E-state index contributed by atoms with van der Waals surface area (Å²) in [6.45, 7) is 3.91. The second kappa shape index (κ2) is 6.83. The lowest BCUT2D eigenvalue weighted by atomic mass is 9.94. The summed E-state index contributed by atoms with van der Waals surface area (Å²) in [5.41, 5.74) is 1.23. The van der Waals surface area contributed by atoms with E-state index in [4.69, 9.17) is 4.74 Å². The van der Waals surface area contributed by atoms with Gasteiger partial charge in [0.15, 0.2) is 0 Å². The number of carbonyl (C=O) groups is 1. The number of urea groups is 1. The van der Waals surface area contributed by atoms with Crippen molar-refractivity contribution in [2.24, 2.45) is 0 Å². The number of methoxy groups -OCH3 is 1. The zero-order chi connectivity index (χ0) is 16.2. The van der Waals surface area contributed by atoms with E-state index in [9.17, 15) is 4.79 Å². The molecule has 2 rings (SSSR count). The Hall–Kier alpha value is -2.01. The van der Waals surface area contributed by atoms with Gasteiger partial charge in [-0.3, -0.25) is 0 Å². The van der Waals surface area contributed by atoms with E-state index in [2.05, 4.69) is 26.6 Å². The minimum atomic E-state index is -0.498. The third-order valence-corrected chi connectivity index (χ3v) is 3.81. The van der Waals surface area contributed by atoms with Crippen LogP contribution in [0.2, 0.25) is 0 Å². The summed E-state index contributed by atoms with van der Waals surface area (Å²) in [6, 6.07) is 14.9. The highest BCUT2D eigenvalue weighted by Gasteiger charge is 2.22. The largest absolute Gasteiger partial charge is 0.497 e. The molecule has 4 nitrogen and oxygen atoms in total. The molecule has 0 bridgehead atoms. The average Bonchev–Trinajstić information content (AvgIpc) is 2.46. The van der Waals surface area contributed by atoms with Crippen molar-refractivity contribution in [3.8, 4) is 5.75 Å². The van der Waals surface area contributed by atoms with Crippen LogP contribution < -0.4 is 15.4 Å². The highest BCUT2D eigenvalue weighted by Crippen LogP contribution is 2.23. The summed E-state index contributed by atoms with van der Waals surface area (Å²) >= 11 is 3.38. The number of nitrogens with one attached hydrogen (secondary N) is 2. The third kappa shape index (κ3) is 4.24. The number of hydrogen-bond acceptors (Lipinski definition) is 2. The van der Waals surface area contributed by atoms with Gasteiger partial charge in [0.05, 0.1) is 12.6 Å². The average molecular weight is 363 g/mol. The molecule has 0 spiro atoms. The fourth-order valence-electron chi connectivity index (χ4n) is 2.09. The fraction of sp³-hybridized carbons (Fsp3) is 0.235. The molecule has 0 aromatic heterocycles. The maximum Gasteiger partial charge on any atom is 0.319 e. The zero-order valence-electron chi connectivity index (χ0n) is 12.8. The van der Waals surface area contributed by atoms with Crippen LogP contribution in [0.25, 0.3) is 0 Å². The number of hydrogen-bond donors (Lipinski definition) is 2. The van der Waals surface area contributed by atoms with Crippen LogP contribution in [-0.2, 0) is 5.54 Å². The van der Waals surface area contributed by atoms with Crippen LogP contribution in [0.5, 0.6) is 5.75 Å². The van der Waals surface area contributed by atoms with Gasteiger partial charge >= 0.3 is 6.03 Å². The van der Waals surface area contributed by atoms with Crippen molar-refractivity contribution in [1.29, 1.82) is 0 Å². The van der Waals surface area contributed by atoms with E-state index >= 15 is 0 Å². The minimum Gasteiger partial charge on any atom is -0.497 e. The van der Waals surface area contributed by atoms with Gasteiger partial charge in [0.1, 0.15) is 5.75 Å². The first-order valence-electron chi connectivity index (χ1n) is 6.90. The van der Waals surface area contributed by atoms with Gasteiger partial charge in [-0.15, -0.1) is 0 Å². The molecule has 0 fully saturated rings. The molecule has 0 aliphatic heterocycles. The van der Waals surface area contributed by atoms with Gasteiger partial charge in [-0.1, -0.05) is 34.1 Å². The molecule has 5 heteroatoms. The maximum atomic E-state index is 12.2. The van der Waals surface area contributed by atoms with Crippen molar-refractivity contribution >= 4 is 27.6 Å². The molecule has 22 heavy (non-hydrogen) atoms. The first kappa shape index (κ1) is 16.4. The predicted octanol–water partition coefficient (Wildman–Crippen LogP) is 4.51. The number of anilines is 1. The van der Waals surface area contributed by atoms with Crippen LogP contribution in [-0.4, -0.2) is 13.1 Å². The molecule has 0 atom stereocenters. The highest BCUT2D eigenvalue weighted by molar-refractivity contribution is 9.10. The van der Waals surface area contributed by atoms with Crippen molar-refractivity contribution in [2.45, 2.75) is 19.4 Å². The van der Waals surface area contributed by atoms with E-state index in [1.54, 1.807) is 7.11 Å². The summed E-state index contributed by atoms with van der Waals surface area (Å²) < 4.78 is 6.07. The van der Waals surface area contributed by atoms with Crippen LogP contribution in [0.1, 0.15) is 19.4 Å². The maximum absolute atomic E-state index is 12.2. The molecular formula is C17H19BrN2O2. The van der Waals surface area contributed by atoms with Crippen LogP contribution in [0.3, 0.4) is 0 Å². The Morgan fingerprint density at radius 2 is 1.82 bits per heavy atom. The Morgan fingerprint density at radius 1 is 1.14 bits per heavy atom. The molecule has 2 amide bonds.